The molecule has 84 valence electrons. The van der Waals surface area contributed by atoms with E-state index < -0.39 is 17.8 Å². The lowest BCUT2D eigenvalue weighted by Crippen LogP contribution is -2.20. The van der Waals surface area contributed by atoms with Crippen LogP contribution in [0.1, 0.15) is 0 Å². The van der Waals surface area contributed by atoms with Crippen molar-refractivity contribution >= 4 is 30.5 Å². The average molecular weight is 222 g/mol. The fourth-order valence-corrected chi connectivity index (χ4v) is 0.453. The summed E-state index contributed by atoms with van der Waals surface area (Å²) in [4.78, 5) is 38.5. The van der Waals surface area contributed by atoms with Crippen LogP contribution in [0.15, 0.2) is 35.3 Å². The van der Waals surface area contributed by atoms with Gasteiger partial charge in [0.15, 0.2) is 0 Å². The van der Waals surface area contributed by atoms with Gasteiger partial charge >= 0.3 is 6.03 Å². The highest BCUT2D eigenvalue weighted by molar-refractivity contribution is 6.00. The van der Waals surface area contributed by atoms with Gasteiger partial charge in [0.05, 0.1) is 0 Å². The Morgan fingerprint density at radius 3 is 1.56 bits per heavy atom. The predicted molar refractivity (Wildman–Crippen MR) is 59.1 cm³/mol. The first-order valence-corrected chi connectivity index (χ1v) is 4.05. The lowest BCUT2D eigenvalue weighted by molar-refractivity contribution is -0.115. The number of amides is 4. The Morgan fingerprint density at radius 1 is 0.875 bits per heavy atom. The van der Waals surface area contributed by atoms with Gasteiger partial charge in [0.2, 0.25) is 11.8 Å². The number of carbonyl (C=O) groups excluding carboxylic acids is 3. The normalized spacial score (nSPS) is 10.0. The number of hydrogen-bond donors (Lipinski definition) is 2. The highest BCUT2D eigenvalue weighted by Gasteiger charge is 1.93. The number of aliphatic imine (C=N–C) groups is 2. The van der Waals surface area contributed by atoms with Crippen molar-refractivity contribution < 1.29 is 14.4 Å². The summed E-state index contributed by atoms with van der Waals surface area (Å²) in [5.41, 5.74) is 0. The summed E-state index contributed by atoms with van der Waals surface area (Å²) in [5.74, 6) is -0.999. The third-order valence-electron chi connectivity index (χ3n) is 1.13. The molecule has 7 heteroatoms. The molecule has 0 aliphatic rings. The minimum absolute atomic E-state index is 0.500. The third-order valence-corrected chi connectivity index (χ3v) is 1.13. The Hall–Kier alpha value is -2.57. The molecule has 0 fully saturated rings. The van der Waals surface area contributed by atoms with Crippen molar-refractivity contribution in [1.82, 2.24) is 10.6 Å². The second kappa shape index (κ2) is 7.80. The van der Waals surface area contributed by atoms with Crippen molar-refractivity contribution in [2.24, 2.45) is 9.98 Å². The van der Waals surface area contributed by atoms with E-state index >= 15 is 0 Å². The second-order valence-corrected chi connectivity index (χ2v) is 2.22. The molecule has 0 aromatic rings. The van der Waals surface area contributed by atoms with Gasteiger partial charge in [0.25, 0.3) is 0 Å². The molecule has 0 saturated carbocycles. The van der Waals surface area contributed by atoms with Gasteiger partial charge in [-0.15, -0.1) is 0 Å². The number of hydrogen-bond acceptors (Lipinski definition) is 3. The first-order chi connectivity index (χ1) is 7.60. The van der Waals surface area contributed by atoms with Crippen LogP contribution >= 0.6 is 0 Å². The highest BCUT2D eigenvalue weighted by Crippen LogP contribution is 1.77. The second-order valence-electron chi connectivity index (χ2n) is 2.22. The number of nitrogens with zero attached hydrogens (tertiary/aromatic N) is 2. The molecule has 0 aliphatic heterocycles. The molecule has 0 heterocycles. The zero-order valence-corrected chi connectivity index (χ0v) is 8.34. The summed E-state index contributed by atoms with van der Waals surface area (Å²) in [6.45, 7) is 6.38. The summed E-state index contributed by atoms with van der Waals surface area (Å²) in [5, 5.41) is 4.25. The van der Waals surface area contributed by atoms with Gasteiger partial charge < -0.3 is 10.6 Å². The zero-order valence-electron chi connectivity index (χ0n) is 8.34. The minimum atomic E-state index is -0.881. The summed E-state index contributed by atoms with van der Waals surface area (Å²) in [7, 11) is 0. The van der Waals surface area contributed by atoms with Crippen molar-refractivity contribution in [3.05, 3.63) is 25.3 Å². The Bertz CT molecular complexity index is 337. The lowest BCUT2D eigenvalue weighted by Gasteiger charge is -1.90. The number of urea groups is 1. The van der Waals surface area contributed by atoms with Crippen molar-refractivity contribution in [3.63, 3.8) is 0 Å². The van der Waals surface area contributed by atoms with Gasteiger partial charge in [-0.3, -0.25) is 9.59 Å². The quantitative estimate of drug-likeness (QED) is 0.390. The molecule has 0 aliphatic carbocycles. The van der Waals surface area contributed by atoms with Gasteiger partial charge in [0.1, 0.15) is 12.7 Å². The summed E-state index contributed by atoms with van der Waals surface area (Å²) >= 11 is 0. The largest absolute Gasteiger partial charge is 0.369 e. The molecule has 0 bridgehead atoms. The molecule has 0 saturated heterocycles. The molecule has 0 rings (SSSR count). The fraction of sp³-hybridized carbons (Fsp3) is 0. The summed E-state index contributed by atoms with van der Waals surface area (Å²) in [6, 6.07) is -0.881. The van der Waals surface area contributed by atoms with Crippen LogP contribution in [0.2, 0.25) is 0 Å². The Kier molecular flexibility index (Phi) is 6.55. The average Bonchev–Trinajstić information content (AvgIpc) is 2.28. The van der Waals surface area contributed by atoms with Crippen molar-refractivity contribution in [2.45, 2.75) is 0 Å². The Morgan fingerprint density at radius 2 is 1.25 bits per heavy atom. The molecular formula is C9H10N4O3. The molecule has 0 radical (unpaired) electrons. The van der Waals surface area contributed by atoms with E-state index in [1.807, 2.05) is 0 Å². The maximum atomic E-state index is 10.8. The maximum absolute atomic E-state index is 10.8. The van der Waals surface area contributed by atoms with Crippen molar-refractivity contribution in [1.29, 1.82) is 0 Å². The van der Waals surface area contributed by atoms with Gasteiger partial charge in [-0.25, -0.2) is 4.79 Å². The van der Waals surface area contributed by atoms with Crippen molar-refractivity contribution in [3.8, 4) is 0 Å². The molecule has 7 nitrogen and oxygen atoms in total. The summed E-state index contributed by atoms with van der Waals surface area (Å²) in [6.07, 6.45) is 3.78. The van der Waals surface area contributed by atoms with Crippen molar-refractivity contribution in [2.75, 3.05) is 0 Å². The van der Waals surface area contributed by atoms with Gasteiger partial charge in [-0.05, 0) is 12.2 Å². The van der Waals surface area contributed by atoms with Crippen LogP contribution in [0.5, 0.6) is 0 Å². The first kappa shape index (κ1) is 13.4. The van der Waals surface area contributed by atoms with Gasteiger partial charge in [0, 0.05) is 0 Å². The van der Waals surface area contributed by atoms with Gasteiger partial charge in [-0.1, -0.05) is 13.2 Å². The van der Waals surface area contributed by atoms with E-state index in [1.54, 1.807) is 0 Å². The maximum Gasteiger partial charge on any atom is 0.369 e. The van der Waals surface area contributed by atoms with Crippen LogP contribution in [-0.2, 0) is 9.59 Å². The number of rotatable bonds is 4. The van der Waals surface area contributed by atoms with Crippen LogP contribution in [0.25, 0.3) is 0 Å². The predicted octanol–water partition coefficient (Wildman–Crippen LogP) is -0.233. The molecule has 16 heavy (non-hydrogen) atoms. The Labute approximate surface area is 91.7 Å². The molecular weight excluding hydrogens is 212 g/mol. The van der Waals surface area contributed by atoms with E-state index in [9.17, 15) is 14.4 Å². The first-order valence-electron chi connectivity index (χ1n) is 4.05. The van der Waals surface area contributed by atoms with E-state index in [-0.39, 0.29) is 0 Å². The fourth-order valence-electron chi connectivity index (χ4n) is 0.453. The summed E-state index contributed by atoms with van der Waals surface area (Å²) < 4.78 is 0. The van der Waals surface area contributed by atoms with E-state index in [4.69, 9.17) is 0 Å². The minimum Gasteiger partial charge on any atom is -0.313 e. The van der Waals surface area contributed by atoms with Crippen LogP contribution in [0, 0.1) is 0 Å². The zero-order chi connectivity index (χ0) is 12.4. The third kappa shape index (κ3) is 6.89. The molecule has 4 amide bonds. The smallest absolute Gasteiger partial charge is 0.313 e. The van der Waals surface area contributed by atoms with E-state index in [2.05, 4.69) is 33.8 Å². The monoisotopic (exact) mass is 222 g/mol. The van der Waals surface area contributed by atoms with Crippen LogP contribution in [-0.4, -0.2) is 30.5 Å². The highest BCUT2D eigenvalue weighted by atomic mass is 16.2. The topological polar surface area (TPSA) is 100.0 Å². The van der Waals surface area contributed by atoms with E-state index in [0.29, 0.717) is 0 Å². The van der Waals surface area contributed by atoms with Crippen LogP contribution in [0.4, 0.5) is 4.79 Å². The Balaban J connectivity index is 3.98. The molecule has 0 aromatic heterocycles. The van der Waals surface area contributed by atoms with Crippen LogP contribution < -0.4 is 10.6 Å². The molecule has 2 N–H and O–H groups in total. The molecule has 0 atom stereocenters. The molecule has 0 spiro atoms. The lowest BCUT2D eigenvalue weighted by atomic mass is 10.6. The molecule has 0 aromatic carbocycles. The molecule has 0 unspecified atom stereocenters. The SMILES string of the molecule is C=CC(=O)NC=NC(=O)N=CNC(=O)C=C. The number of nitrogens with one attached hydrogen (secondary N) is 2. The van der Waals surface area contributed by atoms with E-state index in [1.165, 1.54) is 0 Å². The van der Waals surface area contributed by atoms with E-state index in [0.717, 1.165) is 24.8 Å². The van der Waals surface area contributed by atoms with Crippen LogP contribution in [0.3, 0.4) is 0 Å². The van der Waals surface area contributed by atoms with Gasteiger partial charge in [-0.2, -0.15) is 9.98 Å². The standard InChI is InChI=1S/C9H10N4O3/c1-3-7(14)10-5-12-9(16)13-6-11-8(15)4-2/h3-6H,1-2H2,(H2,10,11,12,13,14,15,16). The number of carbonyl (C=O) groups is 3.